The molecule has 0 saturated heterocycles. The number of rotatable bonds is 7. The lowest BCUT2D eigenvalue weighted by molar-refractivity contribution is 1.07. The third kappa shape index (κ3) is 6.33. The number of hydrogen-bond donors (Lipinski definition) is 0. The molecule has 0 bridgehead atoms. The van der Waals surface area contributed by atoms with E-state index in [-0.39, 0.29) is 0 Å². The third-order valence-electron chi connectivity index (χ3n) is 9.56. The van der Waals surface area contributed by atoms with Crippen LogP contribution in [0.3, 0.4) is 0 Å². The fourth-order valence-corrected chi connectivity index (χ4v) is 8.06. The molecule has 0 unspecified atom stereocenters. The van der Waals surface area contributed by atoms with Crippen LogP contribution < -0.4 is 0 Å². The number of thiophene rings is 1. The maximum Gasteiger partial charge on any atom is 0.164 e. The Bertz CT molecular complexity index is 2710. The molecule has 3 heterocycles. The molecule has 3 aromatic heterocycles. The van der Waals surface area contributed by atoms with Crippen molar-refractivity contribution in [3.05, 3.63) is 182 Å². The summed E-state index contributed by atoms with van der Waals surface area (Å²) >= 11 is 1.80. The van der Waals surface area contributed by atoms with Crippen LogP contribution in [-0.2, 0) is 0 Å². The van der Waals surface area contributed by atoms with E-state index in [4.69, 9.17) is 29.9 Å². The molecule has 0 fully saturated rings. The highest BCUT2D eigenvalue weighted by Crippen LogP contribution is 2.42. The fourth-order valence-electron chi connectivity index (χ4n) is 6.93. The maximum atomic E-state index is 5.13. The lowest BCUT2D eigenvalue weighted by atomic mass is 9.95. The summed E-state index contributed by atoms with van der Waals surface area (Å²) in [5.74, 6) is 3.50. The van der Waals surface area contributed by atoms with E-state index >= 15 is 0 Å². The van der Waals surface area contributed by atoms with Crippen LogP contribution in [0, 0.1) is 0 Å². The van der Waals surface area contributed by atoms with Crippen LogP contribution in [0.4, 0.5) is 0 Å². The zero-order valence-electron chi connectivity index (χ0n) is 29.4. The third-order valence-corrected chi connectivity index (χ3v) is 10.7. The average molecular weight is 723 g/mol. The second-order valence-electron chi connectivity index (χ2n) is 13.2. The Labute approximate surface area is 321 Å². The number of fused-ring (bicyclic) bond motifs is 3. The van der Waals surface area contributed by atoms with Gasteiger partial charge in [0.1, 0.15) is 0 Å². The van der Waals surface area contributed by atoms with E-state index in [0.29, 0.717) is 34.9 Å². The SMILES string of the molecule is c1ccc(-c2nc(-c3ccccc3)nc(-c3cc(-c4nc(-c5ccccc5)nc(-c5ccccc5)n4)cc(-c4cccc5sc6ccccc6c45)c3)n2)cc1. The van der Waals surface area contributed by atoms with Crippen molar-refractivity contribution in [1.29, 1.82) is 0 Å². The molecule has 0 radical (unpaired) electrons. The van der Waals surface area contributed by atoms with E-state index in [9.17, 15) is 0 Å². The minimum Gasteiger partial charge on any atom is -0.208 e. The zero-order valence-corrected chi connectivity index (χ0v) is 30.2. The van der Waals surface area contributed by atoms with E-state index in [1.54, 1.807) is 11.3 Å². The summed E-state index contributed by atoms with van der Waals surface area (Å²) in [6.45, 7) is 0. The van der Waals surface area contributed by atoms with Gasteiger partial charge < -0.3 is 0 Å². The van der Waals surface area contributed by atoms with Gasteiger partial charge in [-0.2, -0.15) is 0 Å². The standard InChI is InChI=1S/C48H30N6S/c1-5-16-31(17-6-1)43-49-44(32-18-7-2-8-19-32)52-47(51-43)36-28-35(38-25-15-27-41-42(38)39-24-13-14-26-40(39)55-41)29-37(30-36)48-53-45(33-20-9-3-10-21-33)50-46(54-48)34-22-11-4-12-23-34/h1-30H. The highest BCUT2D eigenvalue weighted by molar-refractivity contribution is 7.25. The van der Waals surface area contributed by atoms with Gasteiger partial charge >= 0.3 is 0 Å². The summed E-state index contributed by atoms with van der Waals surface area (Å²) in [5.41, 5.74) is 7.40. The highest BCUT2D eigenvalue weighted by atomic mass is 32.1. The van der Waals surface area contributed by atoms with Crippen molar-refractivity contribution in [2.45, 2.75) is 0 Å². The van der Waals surface area contributed by atoms with E-state index in [2.05, 4.69) is 60.7 Å². The Morgan fingerprint density at radius 2 is 0.618 bits per heavy atom. The normalized spacial score (nSPS) is 11.3. The molecule has 10 rings (SSSR count). The molecule has 55 heavy (non-hydrogen) atoms. The Kier molecular flexibility index (Phi) is 8.24. The molecule has 0 aliphatic carbocycles. The minimum absolute atomic E-state index is 0.554. The number of hydrogen-bond acceptors (Lipinski definition) is 7. The van der Waals surface area contributed by atoms with Gasteiger partial charge in [-0.3, -0.25) is 0 Å². The van der Waals surface area contributed by atoms with Crippen LogP contribution in [0.1, 0.15) is 0 Å². The highest BCUT2D eigenvalue weighted by Gasteiger charge is 2.19. The van der Waals surface area contributed by atoms with E-state index < -0.39 is 0 Å². The van der Waals surface area contributed by atoms with Gasteiger partial charge in [-0.1, -0.05) is 152 Å². The van der Waals surface area contributed by atoms with E-state index in [1.165, 1.54) is 20.2 Å². The predicted molar refractivity (Wildman–Crippen MR) is 224 cm³/mol. The first kappa shape index (κ1) is 32.4. The van der Waals surface area contributed by atoms with Crippen molar-refractivity contribution >= 4 is 31.5 Å². The lowest BCUT2D eigenvalue weighted by Gasteiger charge is -2.14. The molecular formula is C48H30N6S. The summed E-state index contributed by atoms with van der Waals surface area (Å²) < 4.78 is 2.47. The molecule has 10 aromatic rings. The van der Waals surface area contributed by atoms with Crippen molar-refractivity contribution < 1.29 is 0 Å². The summed E-state index contributed by atoms with van der Waals surface area (Å²) in [6.07, 6.45) is 0. The van der Waals surface area contributed by atoms with E-state index in [0.717, 1.165) is 44.5 Å². The Morgan fingerprint density at radius 1 is 0.273 bits per heavy atom. The molecule has 0 aliphatic rings. The summed E-state index contributed by atoms with van der Waals surface area (Å²) in [6, 6.07) is 61.8. The van der Waals surface area contributed by atoms with Gasteiger partial charge in [0, 0.05) is 53.6 Å². The van der Waals surface area contributed by atoms with Crippen molar-refractivity contribution in [1.82, 2.24) is 29.9 Å². The Balaban J connectivity index is 1.25. The molecule has 6 nitrogen and oxygen atoms in total. The van der Waals surface area contributed by atoms with Crippen LogP contribution >= 0.6 is 11.3 Å². The van der Waals surface area contributed by atoms with Gasteiger partial charge in [-0.25, -0.2) is 29.9 Å². The monoisotopic (exact) mass is 722 g/mol. The van der Waals surface area contributed by atoms with Gasteiger partial charge in [0.25, 0.3) is 0 Å². The number of benzene rings is 7. The minimum atomic E-state index is 0.554. The van der Waals surface area contributed by atoms with Crippen molar-refractivity contribution in [2.24, 2.45) is 0 Å². The fraction of sp³-hybridized carbons (Fsp3) is 0. The molecule has 0 aliphatic heterocycles. The lowest BCUT2D eigenvalue weighted by Crippen LogP contribution is -2.02. The Hall–Kier alpha value is -7.22. The first-order chi connectivity index (χ1) is 27.2. The molecule has 0 amide bonds. The van der Waals surface area contributed by atoms with E-state index in [1.807, 2.05) is 121 Å². The molecule has 7 aromatic carbocycles. The number of nitrogens with zero attached hydrogens (tertiary/aromatic N) is 6. The maximum absolute atomic E-state index is 5.13. The molecule has 0 saturated carbocycles. The molecule has 0 atom stereocenters. The van der Waals surface area contributed by atoms with Gasteiger partial charge in [0.05, 0.1) is 0 Å². The zero-order chi connectivity index (χ0) is 36.6. The predicted octanol–water partition coefficient (Wildman–Crippen LogP) is 12.1. The smallest absolute Gasteiger partial charge is 0.164 e. The van der Waals surface area contributed by atoms with Crippen molar-refractivity contribution in [3.63, 3.8) is 0 Å². The largest absolute Gasteiger partial charge is 0.208 e. The van der Waals surface area contributed by atoms with Gasteiger partial charge in [0.2, 0.25) is 0 Å². The first-order valence-electron chi connectivity index (χ1n) is 18.0. The van der Waals surface area contributed by atoms with Crippen molar-refractivity contribution in [3.8, 4) is 79.5 Å². The van der Waals surface area contributed by atoms with Crippen LogP contribution in [0.5, 0.6) is 0 Å². The molecule has 0 spiro atoms. The molecule has 258 valence electrons. The van der Waals surface area contributed by atoms with Gasteiger partial charge in [-0.15, -0.1) is 11.3 Å². The van der Waals surface area contributed by atoms with Crippen LogP contribution in [0.25, 0.3) is 99.6 Å². The van der Waals surface area contributed by atoms with Crippen molar-refractivity contribution in [2.75, 3.05) is 0 Å². The Morgan fingerprint density at radius 3 is 1.05 bits per heavy atom. The second-order valence-corrected chi connectivity index (χ2v) is 14.2. The molecular weight excluding hydrogens is 693 g/mol. The van der Waals surface area contributed by atoms with Crippen LogP contribution in [0.2, 0.25) is 0 Å². The van der Waals surface area contributed by atoms with Gasteiger partial charge in [0.15, 0.2) is 34.9 Å². The van der Waals surface area contributed by atoms with Gasteiger partial charge in [-0.05, 0) is 41.5 Å². The van der Waals surface area contributed by atoms with Crippen LogP contribution in [-0.4, -0.2) is 29.9 Å². The van der Waals surface area contributed by atoms with Crippen LogP contribution in [0.15, 0.2) is 182 Å². The second kappa shape index (κ2) is 14.0. The summed E-state index contributed by atoms with van der Waals surface area (Å²) in [4.78, 5) is 30.4. The summed E-state index contributed by atoms with van der Waals surface area (Å²) in [7, 11) is 0. The summed E-state index contributed by atoms with van der Waals surface area (Å²) in [5, 5.41) is 2.43. The number of aromatic nitrogens is 6. The molecule has 0 N–H and O–H groups in total. The quantitative estimate of drug-likeness (QED) is 0.163. The average Bonchev–Trinajstić information content (AvgIpc) is 3.66. The molecule has 7 heteroatoms. The topological polar surface area (TPSA) is 77.3 Å². The first-order valence-corrected chi connectivity index (χ1v) is 18.9.